The van der Waals surface area contributed by atoms with Gasteiger partial charge in [-0.2, -0.15) is 0 Å². The van der Waals surface area contributed by atoms with Crippen molar-refractivity contribution in [2.24, 2.45) is 0 Å². The Morgan fingerprint density at radius 3 is 2.61 bits per heavy atom. The average Bonchev–Trinajstić information content (AvgIpc) is 3.49. The molecule has 1 amide bonds. The molecule has 1 aliphatic heterocycles. The highest BCUT2D eigenvalue weighted by Gasteiger charge is 2.41. The van der Waals surface area contributed by atoms with Crippen LogP contribution in [0.1, 0.15) is 35.5 Å². The fourth-order valence-corrected chi connectivity index (χ4v) is 5.39. The van der Waals surface area contributed by atoms with Crippen molar-refractivity contribution < 1.29 is 9.21 Å². The van der Waals surface area contributed by atoms with E-state index in [1.54, 1.807) is 18.0 Å². The van der Waals surface area contributed by atoms with Crippen LogP contribution in [0.25, 0.3) is 0 Å². The minimum absolute atomic E-state index is 0.0631. The zero-order chi connectivity index (χ0) is 24.9. The summed E-state index contributed by atoms with van der Waals surface area (Å²) >= 11 is 7.29. The molecule has 2 atom stereocenters. The number of hydrogen-bond donors (Lipinski definition) is 2. The fourth-order valence-electron chi connectivity index (χ4n) is 4.26. The summed E-state index contributed by atoms with van der Waals surface area (Å²) in [6, 6.07) is 27.2. The number of thiocarbonyl (C=S) groups is 1. The van der Waals surface area contributed by atoms with Crippen LogP contribution in [0.5, 0.6) is 0 Å². The van der Waals surface area contributed by atoms with Gasteiger partial charge in [0.15, 0.2) is 10.2 Å². The van der Waals surface area contributed by atoms with E-state index in [0.29, 0.717) is 11.7 Å². The van der Waals surface area contributed by atoms with Gasteiger partial charge in [0.1, 0.15) is 11.8 Å². The number of pyridine rings is 1. The summed E-state index contributed by atoms with van der Waals surface area (Å²) in [6.07, 6.45) is 2.06. The number of amides is 1. The van der Waals surface area contributed by atoms with Crippen molar-refractivity contribution in [1.82, 2.24) is 15.2 Å². The molecule has 0 saturated carbocycles. The highest BCUT2D eigenvalue weighted by atomic mass is 32.2. The summed E-state index contributed by atoms with van der Waals surface area (Å²) in [7, 11) is 0. The molecule has 8 heteroatoms. The van der Waals surface area contributed by atoms with E-state index >= 15 is 0 Å². The fraction of sp³-hybridized carbons (Fsp3) is 0.179. The monoisotopic (exact) mass is 514 g/mol. The second-order valence-electron chi connectivity index (χ2n) is 8.51. The largest absolute Gasteiger partial charge is 0.452 e. The molecule has 4 aromatic rings. The van der Waals surface area contributed by atoms with Gasteiger partial charge in [-0.05, 0) is 67.2 Å². The summed E-state index contributed by atoms with van der Waals surface area (Å²) in [5, 5.41) is 7.79. The highest BCUT2D eigenvalue weighted by molar-refractivity contribution is 7.99. The first kappa shape index (κ1) is 24.1. The van der Waals surface area contributed by atoms with E-state index in [9.17, 15) is 4.79 Å². The Morgan fingerprint density at radius 2 is 1.83 bits per heavy atom. The Kier molecular flexibility index (Phi) is 7.34. The van der Waals surface area contributed by atoms with Crippen molar-refractivity contribution in [3.05, 3.63) is 108 Å². The van der Waals surface area contributed by atoms with Gasteiger partial charge in [0.25, 0.3) is 0 Å². The van der Waals surface area contributed by atoms with Gasteiger partial charge in [-0.15, -0.1) is 0 Å². The maximum Gasteiger partial charge on any atom is 0.226 e. The zero-order valence-electron chi connectivity index (χ0n) is 19.8. The first-order valence-electron chi connectivity index (χ1n) is 11.7. The second-order valence-corrected chi connectivity index (χ2v) is 9.97. The van der Waals surface area contributed by atoms with Gasteiger partial charge in [-0.1, -0.05) is 54.2 Å². The van der Waals surface area contributed by atoms with Gasteiger partial charge in [0.2, 0.25) is 5.91 Å². The van der Waals surface area contributed by atoms with Crippen molar-refractivity contribution in [2.75, 3.05) is 11.9 Å². The molecule has 0 radical (unpaired) electrons. The molecule has 1 aliphatic rings. The van der Waals surface area contributed by atoms with E-state index in [4.69, 9.17) is 16.6 Å². The number of benzene rings is 2. The van der Waals surface area contributed by atoms with Crippen molar-refractivity contribution in [1.29, 1.82) is 0 Å². The minimum atomic E-state index is -0.233. The Hall–Kier alpha value is -3.62. The van der Waals surface area contributed by atoms with Crippen LogP contribution < -0.4 is 10.6 Å². The molecular formula is C28H26N4O2S2. The molecule has 1 saturated heterocycles. The number of carbonyl (C=O) groups excluding carboxylic acids is 1. The summed E-state index contributed by atoms with van der Waals surface area (Å²) in [5.41, 5.74) is 2.71. The normalized spacial score (nSPS) is 17.1. The second kappa shape index (κ2) is 11.0. The van der Waals surface area contributed by atoms with Crippen LogP contribution in [-0.2, 0) is 4.79 Å². The van der Waals surface area contributed by atoms with Crippen LogP contribution in [0.4, 0.5) is 5.69 Å². The molecule has 3 heterocycles. The maximum absolute atomic E-state index is 12.8. The molecule has 36 heavy (non-hydrogen) atoms. The van der Waals surface area contributed by atoms with Crippen LogP contribution in [0.15, 0.2) is 106 Å². The highest BCUT2D eigenvalue weighted by Crippen LogP contribution is 2.41. The number of aromatic nitrogens is 1. The predicted octanol–water partition coefficient (Wildman–Crippen LogP) is 6.14. The number of para-hydroxylation sites is 1. The van der Waals surface area contributed by atoms with Gasteiger partial charge in [-0.25, -0.2) is 0 Å². The van der Waals surface area contributed by atoms with Gasteiger partial charge < -0.3 is 20.0 Å². The Labute approximate surface area is 220 Å². The molecule has 1 fully saturated rings. The van der Waals surface area contributed by atoms with E-state index in [0.717, 1.165) is 32.7 Å². The summed E-state index contributed by atoms with van der Waals surface area (Å²) in [6.45, 7) is 2.42. The predicted molar refractivity (Wildman–Crippen MR) is 146 cm³/mol. The van der Waals surface area contributed by atoms with E-state index in [1.165, 1.54) is 0 Å². The van der Waals surface area contributed by atoms with Crippen LogP contribution in [0.3, 0.4) is 0 Å². The third-order valence-electron chi connectivity index (χ3n) is 6.05. The smallest absolute Gasteiger partial charge is 0.226 e. The van der Waals surface area contributed by atoms with E-state index in [2.05, 4.69) is 27.8 Å². The first-order valence-corrected chi connectivity index (χ1v) is 13.0. The van der Waals surface area contributed by atoms with Crippen LogP contribution in [-0.4, -0.2) is 27.4 Å². The topological polar surface area (TPSA) is 70.4 Å². The molecule has 0 unspecified atom stereocenters. The molecule has 6 nitrogen and oxygen atoms in total. The number of hydrogen-bond acceptors (Lipinski definition) is 5. The van der Waals surface area contributed by atoms with Crippen LogP contribution in [0, 0.1) is 6.92 Å². The molecule has 2 N–H and O–H groups in total. The summed E-state index contributed by atoms with van der Waals surface area (Å²) < 4.78 is 6.31. The lowest BCUT2D eigenvalue weighted by Crippen LogP contribution is -2.32. The number of nitrogens with zero attached hydrogens (tertiary/aromatic N) is 2. The lowest BCUT2D eigenvalue weighted by molar-refractivity contribution is -0.116. The van der Waals surface area contributed by atoms with Crippen molar-refractivity contribution in [3.63, 3.8) is 0 Å². The van der Waals surface area contributed by atoms with E-state index < -0.39 is 0 Å². The maximum atomic E-state index is 12.8. The van der Waals surface area contributed by atoms with Crippen LogP contribution in [0.2, 0.25) is 0 Å². The van der Waals surface area contributed by atoms with Crippen molar-refractivity contribution in [3.8, 4) is 0 Å². The number of anilines is 1. The SMILES string of the molecule is Cc1ccccc1NC(=O)CCN1C(=S)N[C@@H](c2ccccn2)[C@H]1c1ccc(Sc2ccccc2)o1. The van der Waals surface area contributed by atoms with E-state index in [1.807, 2.05) is 84.6 Å². The minimum Gasteiger partial charge on any atom is -0.452 e. The first-order chi connectivity index (χ1) is 17.6. The van der Waals surface area contributed by atoms with E-state index in [-0.39, 0.29) is 24.4 Å². The summed E-state index contributed by atoms with van der Waals surface area (Å²) in [5.74, 6) is 0.711. The van der Waals surface area contributed by atoms with Crippen LogP contribution >= 0.6 is 24.0 Å². The number of carbonyl (C=O) groups is 1. The van der Waals surface area contributed by atoms with Gasteiger partial charge >= 0.3 is 0 Å². The Morgan fingerprint density at radius 1 is 1.06 bits per heavy atom. The number of furan rings is 1. The lowest BCUT2D eigenvalue weighted by Gasteiger charge is -2.25. The third kappa shape index (κ3) is 5.45. The standard InChI is InChI=1S/C28H26N4O2S2/c1-19-9-5-6-12-21(19)30-24(33)16-18-32-27(26(31-28(32)35)22-13-7-8-17-29-22)23-14-15-25(34-23)36-20-10-3-2-4-11-20/h2-15,17,26-27H,16,18H2,1H3,(H,30,33)(H,31,35)/t26-,27+/m0/s1. The molecular weight excluding hydrogens is 488 g/mol. The molecule has 2 aromatic heterocycles. The quantitative estimate of drug-likeness (QED) is 0.274. The summed E-state index contributed by atoms with van der Waals surface area (Å²) in [4.78, 5) is 20.5. The third-order valence-corrected chi connectivity index (χ3v) is 7.33. The van der Waals surface area contributed by atoms with Crippen molar-refractivity contribution in [2.45, 2.75) is 35.4 Å². The lowest BCUT2D eigenvalue weighted by atomic mass is 10.0. The number of nitrogens with one attached hydrogen (secondary N) is 2. The van der Waals surface area contributed by atoms with Crippen molar-refractivity contribution >= 4 is 40.7 Å². The Bertz CT molecular complexity index is 1340. The van der Waals surface area contributed by atoms with Gasteiger partial charge in [-0.3, -0.25) is 9.78 Å². The molecule has 2 aromatic carbocycles. The number of rotatable bonds is 8. The van der Waals surface area contributed by atoms with Gasteiger partial charge in [0.05, 0.1) is 11.7 Å². The average molecular weight is 515 g/mol. The molecule has 0 aliphatic carbocycles. The zero-order valence-corrected chi connectivity index (χ0v) is 21.4. The molecule has 5 rings (SSSR count). The number of aryl methyl sites for hydroxylation is 1. The van der Waals surface area contributed by atoms with Gasteiger partial charge in [0, 0.05) is 29.7 Å². The molecule has 0 spiro atoms. The molecule has 182 valence electrons. The molecule has 0 bridgehead atoms. The Balaban J connectivity index is 1.36.